The average molecular weight is 402 g/mol. The van der Waals surface area contributed by atoms with Crippen LogP contribution in [0, 0.1) is 6.92 Å². The van der Waals surface area contributed by atoms with Crippen molar-refractivity contribution in [2.45, 2.75) is 39.0 Å². The number of dihydropyridines is 1. The maximum Gasteiger partial charge on any atom is 0.254 e. The van der Waals surface area contributed by atoms with Crippen LogP contribution in [0.3, 0.4) is 0 Å². The number of carbonyl (C=O) groups is 2. The summed E-state index contributed by atoms with van der Waals surface area (Å²) in [6.45, 7) is 3.93. The van der Waals surface area contributed by atoms with Gasteiger partial charge in [0.05, 0.1) is 12.8 Å². The number of amides is 1. The number of Topliss-reactive ketones (excluding diaryl/α,β-unsaturated/α-hetero) is 1. The zero-order valence-corrected chi connectivity index (χ0v) is 17.5. The monoisotopic (exact) mass is 402 g/mol. The number of aryl methyl sites for hydroxylation is 1. The Hall–Kier alpha value is -3.34. The zero-order chi connectivity index (χ0) is 21.3. The van der Waals surface area contributed by atoms with Crippen LogP contribution in [0.4, 0.5) is 5.69 Å². The lowest BCUT2D eigenvalue weighted by Gasteiger charge is -2.34. The number of anilines is 1. The Balaban J connectivity index is 1.78. The fraction of sp³-hybridized carbons (Fsp3) is 0.280. The number of rotatable bonds is 4. The minimum absolute atomic E-state index is 0.115. The van der Waals surface area contributed by atoms with Gasteiger partial charge in [0.15, 0.2) is 5.78 Å². The number of benzene rings is 2. The number of hydrogen-bond donors (Lipinski definition) is 2. The molecule has 1 amide bonds. The van der Waals surface area contributed by atoms with E-state index in [-0.39, 0.29) is 17.6 Å². The van der Waals surface area contributed by atoms with Crippen LogP contribution in [-0.4, -0.2) is 18.8 Å². The van der Waals surface area contributed by atoms with Crippen molar-refractivity contribution in [3.05, 3.63) is 82.2 Å². The first-order chi connectivity index (χ1) is 14.5. The molecule has 0 fully saturated rings. The third-order valence-corrected chi connectivity index (χ3v) is 5.79. The van der Waals surface area contributed by atoms with E-state index in [1.165, 1.54) is 0 Å². The van der Waals surface area contributed by atoms with Crippen molar-refractivity contribution < 1.29 is 14.3 Å². The fourth-order valence-electron chi connectivity index (χ4n) is 4.31. The van der Waals surface area contributed by atoms with Gasteiger partial charge in [-0.15, -0.1) is 0 Å². The van der Waals surface area contributed by atoms with Gasteiger partial charge in [0.1, 0.15) is 5.75 Å². The number of ketones is 1. The lowest BCUT2D eigenvalue weighted by Crippen LogP contribution is -2.35. The van der Waals surface area contributed by atoms with Gasteiger partial charge in [-0.25, -0.2) is 0 Å². The summed E-state index contributed by atoms with van der Waals surface area (Å²) in [4.78, 5) is 26.4. The van der Waals surface area contributed by atoms with E-state index in [4.69, 9.17) is 4.74 Å². The Kier molecular flexibility index (Phi) is 5.44. The number of allylic oxidation sites excluding steroid dienone is 3. The molecule has 5 nitrogen and oxygen atoms in total. The molecule has 30 heavy (non-hydrogen) atoms. The second-order valence-corrected chi connectivity index (χ2v) is 7.83. The number of nitrogens with one attached hydrogen (secondary N) is 2. The van der Waals surface area contributed by atoms with Crippen LogP contribution in [0.15, 0.2) is 71.1 Å². The van der Waals surface area contributed by atoms with E-state index in [9.17, 15) is 9.59 Å². The van der Waals surface area contributed by atoms with Crippen LogP contribution < -0.4 is 15.4 Å². The Bertz CT molecular complexity index is 1060. The molecule has 2 aliphatic rings. The normalized spacial score (nSPS) is 18.6. The number of para-hydroxylation sites is 2. The highest BCUT2D eigenvalue weighted by atomic mass is 16.5. The van der Waals surface area contributed by atoms with Gasteiger partial charge in [-0.1, -0.05) is 42.0 Å². The molecule has 1 aliphatic heterocycles. The van der Waals surface area contributed by atoms with Crippen LogP contribution in [0.2, 0.25) is 0 Å². The number of carbonyl (C=O) groups excluding carboxylic acids is 2. The van der Waals surface area contributed by atoms with E-state index < -0.39 is 0 Å². The van der Waals surface area contributed by atoms with E-state index in [1.807, 2.05) is 50.2 Å². The summed E-state index contributed by atoms with van der Waals surface area (Å²) in [5, 5.41) is 6.34. The molecule has 1 unspecified atom stereocenters. The maximum absolute atomic E-state index is 13.5. The molecule has 0 bridgehead atoms. The lowest BCUT2D eigenvalue weighted by molar-refractivity contribution is -0.116. The van der Waals surface area contributed by atoms with E-state index in [1.54, 1.807) is 19.2 Å². The van der Waals surface area contributed by atoms with Crippen molar-refractivity contribution in [2.75, 3.05) is 12.4 Å². The molecule has 5 heteroatoms. The van der Waals surface area contributed by atoms with Crippen molar-refractivity contribution in [1.29, 1.82) is 0 Å². The van der Waals surface area contributed by atoms with Gasteiger partial charge in [0.25, 0.3) is 5.91 Å². The van der Waals surface area contributed by atoms with Gasteiger partial charge in [0, 0.05) is 34.9 Å². The fourth-order valence-corrected chi connectivity index (χ4v) is 4.31. The highest BCUT2D eigenvalue weighted by Crippen LogP contribution is 2.42. The number of hydrogen-bond acceptors (Lipinski definition) is 4. The van der Waals surface area contributed by atoms with Crippen molar-refractivity contribution in [2.24, 2.45) is 0 Å². The predicted octanol–water partition coefficient (Wildman–Crippen LogP) is 4.61. The molecule has 2 aromatic rings. The first kappa shape index (κ1) is 20.0. The van der Waals surface area contributed by atoms with Crippen LogP contribution in [0.1, 0.15) is 43.2 Å². The molecular formula is C25H26N2O3. The molecule has 0 saturated carbocycles. The molecule has 4 rings (SSSR count). The quantitative estimate of drug-likeness (QED) is 0.784. The average Bonchev–Trinajstić information content (AvgIpc) is 2.74. The SMILES string of the molecule is COc1ccccc1NC(=O)C1=C(C)NC2=C(C(=O)CCC2)C1c1ccc(C)cc1. The van der Waals surface area contributed by atoms with E-state index in [0.29, 0.717) is 23.4 Å². The molecule has 2 aromatic carbocycles. The third-order valence-electron chi connectivity index (χ3n) is 5.79. The van der Waals surface area contributed by atoms with Crippen molar-refractivity contribution >= 4 is 17.4 Å². The number of methoxy groups -OCH3 is 1. The van der Waals surface area contributed by atoms with Gasteiger partial charge in [-0.05, 0) is 44.4 Å². The molecule has 1 heterocycles. The van der Waals surface area contributed by atoms with Gasteiger partial charge in [-0.2, -0.15) is 0 Å². The summed E-state index contributed by atoms with van der Waals surface area (Å²) >= 11 is 0. The molecule has 2 N–H and O–H groups in total. The van der Waals surface area contributed by atoms with Crippen molar-refractivity contribution in [3.63, 3.8) is 0 Å². The van der Waals surface area contributed by atoms with E-state index in [2.05, 4.69) is 10.6 Å². The Morgan fingerprint density at radius 3 is 2.53 bits per heavy atom. The molecule has 0 radical (unpaired) electrons. The van der Waals surface area contributed by atoms with Gasteiger partial charge >= 0.3 is 0 Å². The molecule has 1 aliphatic carbocycles. The molecule has 1 atom stereocenters. The summed E-state index contributed by atoms with van der Waals surface area (Å²) in [6, 6.07) is 15.4. The highest BCUT2D eigenvalue weighted by molar-refractivity contribution is 6.10. The van der Waals surface area contributed by atoms with Crippen molar-refractivity contribution in [1.82, 2.24) is 5.32 Å². The summed E-state index contributed by atoms with van der Waals surface area (Å²) < 4.78 is 5.38. The summed E-state index contributed by atoms with van der Waals surface area (Å²) in [5.74, 6) is 0.0853. The van der Waals surface area contributed by atoms with Crippen LogP contribution >= 0.6 is 0 Å². The lowest BCUT2D eigenvalue weighted by atomic mass is 9.75. The van der Waals surface area contributed by atoms with Crippen molar-refractivity contribution in [3.8, 4) is 5.75 Å². The van der Waals surface area contributed by atoms with Crippen LogP contribution in [-0.2, 0) is 9.59 Å². The Labute approximate surface area is 176 Å². The highest BCUT2D eigenvalue weighted by Gasteiger charge is 2.38. The van der Waals surface area contributed by atoms with E-state index >= 15 is 0 Å². The molecule has 0 saturated heterocycles. The first-order valence-corrected chi connectivity index (χ1v) is 10.2. The topological polar surface area (TPSA) is 67.4 Å². The van der Waals surface area contributed by atoms with Crippen LogP contribution in [0.25, 0.3) is 0 Å². The Morgan fingerprint density at radius 2 is 1.80 bits per heavy atom. The molecule has 0 spiro atoms. The predicted molar refractivity (Wildman–Crippen MR) is 117 cm³/mol. The molecule has 154 valence electrons. The standard InChI is InChI=1S/C25H26N2O3/c1-15-11-13-17(14-12-15)23-22(16(2)26-19-8-6-9-20(28)24(19)23)25(29)27-18-7-4-5-10-21(18)30-3/h4-5,7,10-14,23,26H,6,8-9H2,1-3H3,(H,27,29). The summed E-state index contributed by atoms with van der Waals surface area (Å²) in [5.41, 5.74) is 5.71. The second kappa shape index (κ2) is 8.19. The second-order valence-electron chi connectivity index (χ2n) is 7.83. The van der Waals surface area contributed by atoms with Gasteiger partial charge in [0.2, 0.25) is 0 Å². The minimum Gasteiger partial charge on any atom is -0.495 e. The zero-order valence-electron chi connectivity index (χ0n) is 17.5. The van der Waals surface area contributed by atoms with E-state index in [0.717, 1.165) is 40.9 Å². The molecule has 0 aromatic heterocycles. The Morgan fingerprint density at radius 1 is 1.07 bits per heavy atom. The summed E-state index contributed by atoms with van der Waals surface area (Å²) in [6.07, 6.45) is 2.17. The van der Waals surface area contributed by atoms with Crippen LogP contribution in [0.5, 0.6) is 5.75 Å². The van der Waals surface area contributed by atoms with Gasteiger partial charge in [-0.3, -0.25) is 9.59 Å². The first-order valence-electron chi connectivity index (χ1n) is 10.2. The minimum atomic E-state index is -0.385. The smallest absolute Gasteiger partial charge is 0.254 e. The molecular weight excluding hydrogens is 376 g/mol. The summed E-state index contributed by atoms with van der Waals surface area (Å²) in [7, 11) is 1.57. The maximum atomic E-state index is 13.5. The number of ether oxygens (including phenoxy) is 1. The largest absolute Gasteiger partial charge is 0.495 e. The van der Waals surface area contributed by atoms with Gasteiger partial charge < -0.3 is 15.4 Å². The third kappa shape index (κ3) is 3.63.